The zero-order valence-corrected chi connectivity index (χ0v) is 15.0. The van der Waals surface area contributed by atoms with Crippen molar-refractivity contribution >= 4 is 11.6 Å². The molecule has 0 atom stereocenters. The van der Waals surface area contributed by atoms with Gasteiger partial charge in [-0.1, -0.05) is 12.1 Å². The number of benzene rings is 2. The van der Waals surface area contributed by atoms with Crippen LogP contribution >= 0.6 is 0 Å². The molecule has 0 spiro atoms. The second kappa shape index (κ2) is 8.19. The summed E-state index contributed by atoms with van der Waals surface area (Å²) in [6.45, 7) is 0.817. The van der Waals surface area contributed by atoms with Gasteiger partial charge in [0.2, 0.25) is 5.91 Å². The third-order valence-electron chi connectivity index (χ3n) is 4.35. The maximum Gasteiger partial charge on any atom is 0.238 e. The van der Waals surface area contributed by atoms with Crippen molar-refractivity contribution in [2.24, 2.45) is 0 Å². The molecule has 6 heteroatoms. The van der Waals surface area contributed by atoms with Crippen LogP contribution in [0, 0.1) is 5.82 Å². The van der Waals surface area contributed by atoms with E-state index in [0.717, 1.165) is 18.4 Å². The van der Waals surface area contributed by atoms with Crippen molar-refractivity contribution in [3.63, 3.8) is 0 Å². The summed E-state index contributed by atoms with van der Waals surface area (Å²) >= 11 is 0. The third-order valence-corrected chi connectivity index (χ3v) is 4.35. The van der Waals surface area contributed by atoms with Gasteiger partial charge in [0, 0.05) is 24.3 Å². The molecular formula is C20H23FN2O3. The number of hydrogen-bond donors (Lipinski definition) is 1. The molecule has 0 aromatic heterocycles. The largest absolute Gasteiger partial charge is 0.493 e. The predicted octanol–water partition coefficient (Wildman–Crippen LogP) is 3.45. The minimum Gasteiger partial charge on any atom is -0.493 e. The van der Waals surface area contributed by atoms with Crippen LogP contribution in [0.2, 0.25) is 0 Å². The highest BCUT2D eigenvalue weighted by Crippen LogP contribution is 2.30. The third kappa shape index (κ3) is 4.73. The highest BCUT2D eigenvalue weighted by atomic mass is 19.1. The fourth-order valence-corrected chi connectivity index (χ4v) is 2.92. The van der Waals surface area contributed by atoms with Crippen LogP contribution in [0.5, 0.6) is 11.5 Å². The second-order valence-corrected chi connectivity index (χ2v) is 6.38. The number of carbonyl (C=O) groups excluding carboxylic acids is 1. The number of amides is 1. The molecule has 138 valence electrons. The van der Waals surface area contributed by atoms with E-state index in [0.29, 0.717) is 29.8 Å². The van der Waals surface area contributed by atoms with Crippen molar-refractivity contribution in [1.82, 2.24) is 4.90 Å². The summed E-state index contributed by atoms with van der Waals surface area (Å²) in [6.07, 6.45) is 2.14. The summed E-state index contributed by atoms with van der Waals surface area (Å²) in [7, 11) is 3.12. The number of nitrogens with one attached hydrogen (secondary N) is 1. The van der Waals surface area contributed by atoms with Gasteiger partial charge >= 0.3 is 0 Å². The van der Waals surface area contributed by atoms with E-state index in [1.54, 1.807) is 38.5 Å². The van der Waals surface area contributed by atoms with Gasteiger partial charge in [-0.25, -0.2) is 4.39 Å². The zero-order valence-electron chi connectivity index (χ0n) is 15.0. The van der Waals surface area contributed by atoms with E-state index < -0.39 is 0 Å². The number of carbonyl (C=O) groups is 1. The molecule has 0 saturated heterocycles. The van der Waals surface area contributed by atoms with Crippen molar-refractivity contribution in [2.45, 2.75) is 25.4 Å². The lowest BCUT2D eigenvalue weighted by Crippen LogP contribution is -2.34. The van der Waals surface area contributed by atoms with Crippen LogP contribution in [0.15, 0.2) is 42.5 Å². The molecule has 3 rings (SSSR count). The Morgan fingerprint density at radius 3 is 2.58 bits per heavy atom. The smallest absolute Gasteiger partial charge is 0.238 e. The monoisotopic (exact) mass is 358 g/mol. The van der Waals surface area contributed by atoms with Gasteiger partial charge in [-0.2, -0.15) is 0 Å². The van der Waals surface area contributed by atoms with E-state index >= 15 is 0 Å². The second-order valence-electron chi connectivity index (χ2n) is 6.38. The molecule has 1 aliphatic carbocycles. The van der Waals surface area contributed by atoms with Crippen molar-refractivity contribution in [1.29, 1.82) is 0 Å². The van der Waals surface area contributed by atoms with Crippen LogP contribution in [-0.4, -0.2) is 37.6 Å². The minimum absolute atomic E-state index is 0.111. The Labute approximate surface area is 152 Å². The molecular weight excluding hydrogens is 335 g/mol. The van der Waals surface area contributed by atoms with Gasteiger partial charge in [0.1, 0.15) is 5.82 Å². The van der Waals surface area contributed by atoms with Crippen LogP contribution in [0.25, 0.3) is 0 Å². The Morgan fingerprint density at radius 2 is 1.92 bits per heavy atom. The highest BCUT2D eigenvalue weighted by Gasteiger charge is 2.30. The van der Waals surface area contributed by atoms with Gasteiger partial charge in [-0.05, 0) is 42.7 Å². The molecule has 1 fully saturated rings. The summed E-state index contributed by atoms with van der Waals surface area (Å²) in [4.78, 5) is 14.6. The van der Waals surface area contributed by atoms with Crippen LogP contribution in [0.1, 0.15) is 18.4 Å². The number of halogens is 1. The highest BCUT2D eigenvalue weighted by molar-refractivity contribution is 5.92. The number of methoxy groups -OCH3 is 2. The van der Waals surface area contributed by atoms with Gasteiger partial charge in [0.25, 0.3) is 0 Å². The first-order chi connectivity index (χ1) is 12.6. The summed E-state index contributed by atoms with van der Waals surface area (Å²) in [6, 6.07) is 12.1. The van der Waals surface area contributed by atoms with E-state index in [4.69, 9.17) is 9.47 Å². The lowest BCUT2D eigenvalue weighted by Gasteiger charge is -2.21. The first-order valence-electron chi connectivity index (χ1n) is 8.59. The van der Waals surface area contributed by atoms with E-state index in [1.807, 2.05) is 6.07 Å². The minimum atomic E-state index is -0.256. The molecule has 0 aliphatic heterocycles. The van der Waals surface area contributed by atoms with Crippen molar-refractivity contribution in [3.8, 4) is 11.5 Å². The van der Waals surface area contributed by atoms with Crippen LogP contribution in [0.4, 0.5) is 10.1 Å². The van der Waals surface area contributed by atoms with Gasteiger partial charge in [0.15, 0.2) is 11.5 Å². The SMILES string of the molecule is COc1ccc(NC(=O)CN(Cc2cccc(F)c2)C2CC2)cc1OC. The molecule has 0 bridgehead atoms. The number of rotatable bonds is 8. The van der Waals surface area contributed by atoms with E-state index in [-0.39, 0.29) is 18.3 Å². The first kappa shape index (κ1) is 18.2. The number of hydrogen-bond acceptors (Lipinski definition) is 4. The number of nitrogens with zero attached hydrogens (tertiary/aromatic N) is 1. The maximum absolute atomic E-state index is 13.4. The van der Waals surface area contributed by atoms with Gasteiger partial charge in [-0.15, -0.1) is 0 Å². The standard InChI is InChI=1S/C20H23FN2O3/c1-25-18-9-6-16(11-19(18)26-2)22-20(24)13-23(17-7-8-17)12-14-4-3-5-15(21)10-14/h3-6,9-11,17H,7-8,12-13H2,1-2H3,(H,22,24). The van der Waals surface area contributed by atoms with E-state index in [9.17, 15) is 9.18 Å². The van der Waals surface area contributed by atoms with Crippen LogP contribution in [-0.2, 0) is 11.3 Å². The molecule has 26 heavy (non-hydrogen) atoms. The maximum atomic E-state index is 13.4. The summed E-state index contributed by atoms with van der Waals surface area (Å²) in [5.41, 5.74) is 1.52. The quantitative estimate of drug-likeness (QED) is 0.785. The fourth-order valence-electron chi connectivity index (χ4n) is 2.92. The molecule has 1 saturated carbocycles. The summed E-state index contributed by atoms with van der Waals surface area (Å²) < 4.78 is 23.9. The molecule has 1 amide bonds. The molecule has 0 unspecified atom stereocenters. The van der Waals surface area contributed by atoms with E-state index in [1.165, 1.54) is 12.1 Å². The van der Waals surface area contributed by atoms with Crippen LogP contribution < -0.4 is 14.8 Å². The van der Waals surface area contributed by atoms with Gasteiger partial charge in [-0.3, -0.25) is 9.69 Å². The Morgan fingerprint density at radius 1 is 1.15 bits per heavy atom. The Kier molecular flexibility index (Phi) is 5.73. The molecule has 1 aliphatic rings. The molecule has 0 radical (unpaired) electrons. The fraction of sp³-hybridized carbons (Fsp3) is 0.350. The predicted molar refractivity (Wildman–Crippen MR) is 98.0 cm³/mol. The molecule has 2 aromatic carbocycles. The zero-order chi connectivity index (χ0) is 18.5. The lowest BCUT2D eigenvalue weighted by molar-refractivity contribution is -0.117. The average molecular weight is 358 g/mol. The topological polar surface area (TPSA) is 50.8 Å². The van der Waals surface area contributed by atoms with E-state index in [2.05, 4.69) is 10.2 Å². The normalized spacial score (nSPS) is 13.5. The van der Waals surface area contributed by atoms with Crippen LogP contribution in [0.3, 0.4) is 0 Å². The van der Waals surface area contributed by atoms with Crippen molar-refractivity contribution < 1.29 is 18.7 Å². The molecule has 0 heterocycles. The number of anilines is 1. The van der Waals surface area contributed by atoms with Gasteiger partial charge in [0.05, 0.1) is 20.8 Å². The Bertz CT molecular complexity index is 777. The number of ether oxygens (including phenoxy) is 2. The average Bonchev–Trinajstić information content (AvgIpc) is 3.46. The summed E-state index contributed by atoms with van der Waals surface area (Å²) in [5, 5.41) is 2.89. The van der Waals surface area contributed by atoms with Gasteiger partial charge < -0.3 is 14.8 Å². The summed E-state index contributed by atoms with van der Waals surface area (Å²) in [5.74, 6) is 0.800. The Hall–Kier alpha value is -2.60. The lowest BCUT2D eigenvalue weighted by atomic mass is 10.2. The molecule has 2 aromatic rings. The molecule has 1 N–H and O–H groups in total. The molecule has 5 nitrogen and oxygen atoms in total. The Balaban J connectivity index is 1.63. The first-order valence-corrected chi connectivity index (χ1v) is 8.59. The van der Waals surface area contributed by atoms with Crippen molar-refractivity contribution in [2.75, 3.05) is 26.1 Å². The van der Waals surface area contributed by atoms with Crippen molar-refractivity contribution in [3.05, 3.63) is 53.8 Å².